The highest BCUT2D eigenvalue weighted by molar-refractivity contribution is 7.80. The van der Waals surface area contributed by atoms with E-state index >= 15 is 0 Å². The zero-order valence-electron chi connectivity index (χ0n) is 13.4. The Labute approximate surface area is 140 Å². The lowest BCUT2D eigenvalue weighted by molar-refractivity contribution is -0.0845. The van der Waals surface area contributed by atoms with E-state index in [0.29, 0.717) is 29.1 Å². The Morgan fingerprint density at radius 1 is 1.39 bits per heavy atom. The second-order valence-corrected chi connectivity index (χ2v) is 7.89. The van der Waals surface area contributed by atoms with Crippen molar-refractivity contribution in [1.82, 2.24) is 5.01 Å². The zero-order chi connectivity index (χ0) is 16.6. The number of hydrogen-bond acceptors (Lipinski definition) is 3. The van der Waals surface area contributed by atoms with E-state index in [1.807, 2.05) is 6.92 Å². The van der Waals surface area contributed by atoms with Crippen molar-refractivity contribution < 1.29 is 9.50 Å². The Hall–Kier alpha value is -1.53. The first-order valence-corrected chi connectivity index (χ1v) is 8.30. The van der Waals surface area contributed by atoms with Gasteiger partial charge in [0.25, 0.3) is 0 Å². The van der Waals surface area contributed by atoms with E-state index in [0.717, 1.165) is 5.71 Å². The van der Waals surface area contributed by atoms with Crippen LogP contribution in [-0.4, -0.2) is 26.7 Å². The van der Waals surface area contributed by atoms with Crippen LogP contribution in [0.2, 0.25) is 0 Å². The molecule has 0 saturated heterocycles. The fourth-order valence-corrected chi connectivity index (χ4v) is 4.94. The number of halogens is 1. The minimum Gasteiger partial charge on any atom is -0.368 e. The summed E-state index contributed by atoms with van der Waals surface area (Å²) >= 11 is 5.44. The van der Waals surface area contributed by atoms with Gasteiger partial charge in [0.2, 0.25) is 0 Å². The van der Waals surface area contributed by atoms with Crippen LogP contribution in [0.4, 0.5) is 10.1 Å². The van der Waals surface area contributed by atoms with Crippen molar-refractivity contribution in [2.24, 2.45) is 28.3 Å². The van der Waals surface area contributed by atoms with Gasteiger partial charge in [0.15, 0.2) is 10.8 Å². The van der Waals surface area contributed by atoms with Crippen molar-refractivity contribution in [3.05, 3.63) is 30.1 Å². The van der Waals surface area contributed by atoms with Crippen LogP contribution in [0, 0.1) is 29.0 Å². The summed E-state index contributed by atoms with van der Waals surface area (Å²) in [5, 5.41) is 20.7. The summed E-state index contributed by atoms with van der Waals surface area (Å²) in [7, 11) is 0. The highest BCUT2D eigenvalue weighted by Crippen LogP contribution is 2.73. The quantitative estimate of drug-likeness (QED) is 0.775. The summed E-state index contributed by atoms with van der Waals surface area (Å²) in [5.41, 5.74) is 0.864. The third kappa shape index (κ3) is 1.97. The molecule has 2 saturated carbocycles. The SMILES string of the molecule is CC1=NN(C(=S)Nc2ccc(F)cc2)[C@]2(O)C[C@@H]3[C@H]([C@@H]12)C3(C)C. The van der Waals surface area contributed by atoms with Crippen LogP contribution < -0.4 is 5.32 Å². The number of fused-ring (bicyclic) bond motifs is 3. The molecule has 4 rings (SSSR count). The molecule has 2 aliphatic carbocycles. The molecule has 122 valence electrons. The summed E-state index contributed by atoms with van der Waals surface area (Å²) in [5.74, 6) is 0.720. The van der Waals surface area contributed by atoms with Gasteiger partial charge in [0, 0.05) is 17.8 Å². The van der Waals surface area contributed by atoms with Gasteiger partial charge in [0.05, 0.1) is 5.92 Å². The van der Waals surface area contributed by atoms with E-state index < -0.39 is 5.72 Å². The summed E-state index contributed by atoms with van der Waals surface area (Å²) in [6.07, 6.45) is 0.682. The minimum absolute atomic E-state index is 0.0375. The van der Waals surface area contributed by atoms with Crippen LogP contribution in [0.15, 0.2) is 29.4 Å². The summed E-state index contributed by atoms with van der Waals surface area (Å²) in [4.78, 5) is 0. The Bertz CT molecular complexity index is 717. The van der Waals surface area contributed by atoms with E-state index in [2.05, 4.69) is 24.3 Å². The molecule has 4 nitrogen and oxygen atoms in total. The van der Waals surface area contributed by atoms with Gasteiger partial charge in [0.1, 0.15) is 5.82 Å². The second kappa shape index (κ2) is 4.51. The molecule has 0 aromatic heterocycles. The van der Waals surface area contributed by atoms with Crippen molar-refractivity contribution in [3.63, 3.8) is 0 Å². The number of rotatable bonds is 1. The molecule has 0 radical (unpaired) electrons. The average molecular weight is 333 g/mol. The first-order chi connectivity index (χ1) is 10.7. The van der Waals surface area contributed by atoms with Gasteiger partial charge in [-0.05, 0) is 60.7 Å². The molecular formula is C17H20FN3OS. The summed E-state index contributed by atoms with van der Waals surface area (Å²) < 4.78 is 13.0. The number of aliphatic hydroxyl groups is 1. The molecule has 1 heterocycles. The van der Waals surface area contributed by atoms with Crippen LogP contribution in [0.1, 0.15) is 27.2 Å². The normalized spacial score (nSPS) is 36.3. The Balaban J connectivity index is 1.56. The molecule has 0 bridgehead atoms. The molecule has 1 aliphatic heterocycles. The van der Waals surface area contributed by atoms with Gasteiger partial charge < -0.3 is 10.4 Å². The number of thiocarbonyl (C=S) groups is 1. The van der Waals surface area contributed by atoms with Gasteiger partial charge in [-0.15, -0.1) is 0 Å². The number of hydrogen-bond donors (Lipinski definition) is 2. The summed E-state index contributed by atoms with van der Waals surface area (Å²) in [6, 6.07) is 5.97. The number of hydrazone groups is 1. The van der Waals surface area contributed by atoms with Gasteiger partial charge in [-0.25, -0.2) is 9.40 Å². The zero-order valence-corrected chi connectivity index (χ0v) is 14.2. The van der Waals surface area contributed by atoms with Crippen LogP contribution >= 0.6 is 12.2 Å². The van der Waals surface area contributed by atoms with Gasteiger partial charge in [-0.2, -0.15) is 5.10 Å². The third-order valence-electron chi connectivity index (χ3n) is 5.88. The fourth-order valence-electron chi connectivity index (χ4n) is 4.63. The van der Waals surface area contributed by atoms with Crippen molar-refractivity contribution >= 4 is 28.7 Å². The molecule has 2 N–H and O–H groups in total. The van der Waals surface area contributed by atoms with E-state index in [1.54, 1.807) is 17.1 Å². The van der Waals surface area contributed by atoms with Crippen molar-refractivity contribution in [3.8, 4) is 0 Å². The smallest absolute Gasteiger partial charge is 0.196 e. The molecule has 6 heteroatoms. The van der Waals surface area contributed by atoms with Crippen LogP contribution in [0.3, 0.4) is 0 Å². The molecule has 0 amide bonds. The lowest BCUT2D eigenvalue weighted by atomic mass is 9.84. The first kappa shape index (κ1) is 15.0. The number of nitrogens with one attached hydrogen (secondary N) is 1. The number of anilines is 1. The minimum atomic E-state index is -1.03. The lowest BCUT2D eigenvalue weighted by Crippen LogP contribution is -2.51. The van der Waals surface area contributed by atoms with Crippen molar-refractivity contribution in [2.45, 2.75) is 32.9 Å². The molecule has 3 aliphatic rings. The topological polar surface area (TPSA) is 47.9 Å². The van der Waals surface area contributed by atoms with Gasteiger partial charge >= 0.3 is 0 Å². The Kier molecular flexibility index (Phi) is 2.95. The first-order valence-electron chi connectivity index (χ1n) is 7.89. The van der Waals surface area contributed by atoms with Crippen molar-refractivity contribution in [1.29, 1.82) is 0 Å². The molecular weight excluding hydrogens is 313 g/mol. The number of nitrogens with zero attached hydrogens (tertiary/aromatic N) is 2. The number of benzene rings is 1. The lowest BCUT2D eigenvalue weighted by Gasteiger charge is -2.36. The molecule has 2 fully saturated rings. The van der Waals surface area contributed by atoms with E-state index in [-0.39, 0.29) is 17.2 Å². The summed E-state index contributed by atoms with van der Waals surface area (Å²) in [6.45, 7) is 6.48. The van der Waals surface area contributed by atoms with E-state index in [9.17, 15) is 9.50 Å². The monoisotopic (exact) mass is 333 g/mol. The molecule has 1 aromatic rings. The van der Waals surface area contributed by atoms with Gasteiger partial charge in [-0.3, -0.25) is 0 Å². The predicted octanol–water partition coefficient (Wildman–Crippen LogP) is 3.19. The molecule has 23 heavy (non-hydrogen) atoms. The Morgan fingerprint density at radius 3 is 2.70 bits per heavy atom. The molecule has 0 unspecified atom stereocenters. The van der Waals surface area contributed by atoms with E-state index in [4.69, 9.17) is 12.2 Å². The molecule has 0 spiro atoms. The van der Waals surface area contributed by atoms with Crippen LogP contribution in [0.25, 0.3) is 0 Å². The second-order valence-electron chi connectivity index (χ2n) is 7.50. The molecule has 1 aromatic carbocycles. The maximum Gasteiger partial charge on any atom is 0.196 e. The van der Waals surface area contributed by atoms with Crippen LogP contribution in [0.5, 0.6) is 0 Å². The van der Waals surface area contributed by atoms with Crippen molar-refractivity contribution in [2.75, 3.05) is 5.32 Å². The molecule has 4 atom stereocenters. The van der Waals surface area contributed by atoms with E-state index in [1.165, 1.54) is 12.1 Å². The maximum atomic E-state index is 13.0. The largest absolute Gasteiger partial charge is 0.368 e. The Morgan fingerprint density at radius 2 is 2.04 bits per heavy atom. The average Bonchev–Trinajstić information content (AvgIpc) is 2.79. The highest BCUT2D eigenvalue weighted by atomic mass is 32.1. The predicted molar refractivity (Wildman–Crippen MR) is 91.4 cm³/mol. The van der Waals surface area contributed by atoms with Gasteiger partial charge in [-0.1, -0.05) is 13.8 Å². The maximum absolute atomic E-state index is 13.0. The fraction of sp³-hybridized carbons (Fsp3) is 0.529. The standard InChI is InChI=1S/C17H20FN3OS/c1-9-13-14-12(16(14,2)3)8-17(13,22)21(20-9)15(23)19-11-6-4-10(18)5-7-11/h4-7,12-14,22H,8H2,1-3H3,(H,19,23)/t12-,13-,14-,17+/m1/s1. The highest BCUT2D eigenvalue weighted by Gasteiger charge is 2.75. The van der Waals surface area contributed by atoms with Crippen LogP contribution in [-0.2, 0) is 0 Å². The third-order valence-corrected chi connectivity index (χ3v) is 6.15.